The molecule has 0 aromatic heterocycles. The summed E-state index contributed by atoms with van der Waals surface area (Å²) in [6, 6.07) is 0. The van der Waals surface area contributed by atoms with Gasteiger partial charge >= 0.3 is 17.9 Å². The summed E-state index contributed by atoms with van der Waals surface area (Å²) in [5.74, 6) is -0.913. The van der Waals surface area contributed by atoms with Crippen LogP contribution in [-0.2, 0) is 28.6 Å². The standard InChI is InChI=1S/C67H124O6/c1-4-7-10-13-16-19-22-25-28-31-33-36-38-41-44-47-50-53-56-59-65(68)71-62-64(73-67(70)61-58-55-52-49-46-43-40-35-30-27-24-21-18-15-12-9-6-3)63-72-66(69)60-57-54-51-48-45-42-39-37-34-32-29-26-23-20-17-14-11-8-5-2/h27,30,40,43,49,52,64H,4-26,28-29,31-39,41-42,44-48,50-51,53-63H2,1-3H3/b30-27-,43-40-,52-49-. The predicted octanol–water partition coefficient (Wildman–Crippen LogP) is 22.0. The van der Waals surface area contributed by atoms with Crippen LogP contribution in [0.15, 0.2) is 36.5 Å². The second-order valence-electron chi connectivity index (χ2n) is 22.0. The minimum atomic E-state index is -0.795. The van der Waals surface area contributed by atoms with Gasteiger partial charge in [-0.1, -0.05) is 320 Å². The van der Waals surface area contributed by atoms with Gasteiger partial charge in [0, 0.05) is 19.3 Å². The fraction of sp³-hybridized carbons (Fsp3) is 0.866. The molecule has 0 saturated carbocycles. The van der Waals surface area contributed by atoms with Crippen LogP contribution in [0.5, 0.6) is 0 Å². The van der Waals surface area contributed by atoms with E-state index in [1.807, 2.05) is 0 Å². The van der Waals surface area contributed by atoms with Crippen molar-refractivity contribution in [2.75, 3.05) is 13.2 Å². The minimum absolute atomic E-state index is 0.0866. The van der Waals surface area contributed by atoms with Gasteiger partial charge in [-0.25, -0.2) is 0 Å². The lowest BCUT2D eigenvalue weighted by molar-refractivity contribution is -0.167. The molecule has 73 heavy (non-hydrogen) atoms. The molecule has 0 heterocycles. The summed E-state index contributed by atoms with van der Waals surface area (Å²) in [4.78, 5) is 38.3. The van der Waals surface area contributed by atoms with Crippen molar-refractivity contribution in [3.63, 3.8) is 0 Å². The van der Waals surface area contributed by atoms with E-state index in [-0.39, 0.29) is 37.5 Å². The van der Waals surface area contributed by atoms with Crippen LogP contribution >= 0.6 is 0 Å². The normalized spacial score (nSPS) is 11.8. The van der Waals surface area contributed by atoms with Gasteiger partial charge in [0.25, 0.3) is 0 Å². The summed E-state index contributed by atoms with van der Waals surface area (Å²) in [6.45, 7) is 6.66. The Hall–Kier alpha value is -2.37. The number of carbonyl (C=O) groups is 3. The molecule has 0 spiro atoms. The maximum Gasteiger partial charge on any atom is 0.306 e. The van der Waals surface area contributed by atoms with Crippen LogP contribution in [0.3, 0.4) is 0 Å². The lowest BCUT2D eigenvalue weighted by Gasteiger charge is -2.18. The van der Waals surface area contributed by atoms with Crippen molar-refractivity contribution in [2.24, 2.45) is 0 Å². The Labute approximate surface area is 455 Å². The molecule has 0 bridgehead atoms. The van der Waals surface area contributed by atoms with Crippen LogP contribution < -0.4 is 0 Å². The van der Waals surface area contributed by atoms with E-state index in [1.165, 1.54) is 250 Å². The van der Waals surface area contributed by atoms with Gasteiger partial charge in [-0.05, 0) is 51.4 Å². The molecule has 0 aromatic rings. The Balaban J connectivity index is 4.37. The first-order valence-electron chi connectivity index (χ1n) is 32.5. The van der Waals surface area contributed by atoms with Gasteiger partial charge in [0.05, 0.1) is 0 Å². The van der Waals surface area contributed by atoms with E-state index in [9.17, 15) is 14.4 Å². The number of hydrogen-bond acceptors (Lipinski definition) is 6. The monoisotopic (exact) mass is 1020 g/mol. The van der Waals surface area contributed by atoms with Crippen LogP contribution in [0.1, 0.15) is 355 Å². The quantitative estimate of drug-likeness (QED) is 0.0261. The molecule has 0 rings (SSSR count). The zero-order valence-corrected chi connectivity index (χ0v) is 49.2. The Kier molecular flexibility index (Phi) is 60.2. The lowest BCUT2D eigenvalue weighted by atomic mass is 10.0. The average Bonchev–Trinajstić information content (AvgIpc) is 3.39. The summed E-state index contributed by atoms with van der Waals surface area (Å²) < 4.78 is 16.9. The van der Waals surface area contributed by atoms with Gasteiger partial charge in [0.1, 0.15) is 13.2 Å². The summed E-state index contributed by atoms with van der Waals surface area (Å²) in [7, 11) is 0. The van der Waals surface area contributed by atoms with Gasteiger partial charge in [-0.3, -0.25) is 14.4 Å². The predicted molar refractivity (Wildman–Crippen MR) is 316 cm³/mol. The highest BCUT2D eigenvalue weighted by molar-refractivity contribution is 5.71. The first-order valence-corrected chi connectivity index (χ1v) is 32.5. The van der Waals surface area contributed by atoms with Crippen LogP contribution in [0.25, 0.3) is 0 Å². The Morgan fingerprint density at radius 2 is 0.507 bits per heavy atom. The zero-order valence-electron chi connectivity index (χ0n) is 49.2. The third-order valence-corrected chi connectivity index (χ3v) is 14.6. The fourth-order valence-electron chi connectivity index (χ4n) is 9.76. The largest absolute Gasteiger partial charge is 0.462 e. The van der Waals surface area contributed by atoms with Gasteiger partial charge in [-0.15, -0.1) is 0 Å². The van der Waals surface area contributed by atoms with E-state index in [0.717, 1.165) is 57.8 Å². The van der Waals surface area contributed by atoms with E-state index >= 15 is 0 Å². The molecule has 0 saturated heterocycles. The van der Waals surface area contributed by atoms with E-state index < -0.39 is 6.10 Å². The van der Waals surface area contributed by atoms with Crippen molar-refractivity contribution in [3.05, 3.63) is 36.5 Å². The van der Waals surface area contributed by atoms with Crippen molar-refractivity contribution in [3.8, 4) is 0 Å². The number of rotatable bonds is 60. The van der Waals surface area contributed by atoms with Gasteiger partial charge < -0.3 is 14.2 Å². The molecule has 6 heteroatoms. The van der Waals surface area contributed by atoms with Gasteiger partial charge in [0.2, 0.25) is 0 Å². The molecule has 428 valence electrons. The highest BCUT2D eigenvalue weighted by Gasteiger charge is 2.19. The molecular formula is C67H124O6. The molecule has 0 radical (unpaired) electrons. The fourth-order valence-corrected chi connectivity index (χ4v) is 9.76. The number of ether oxygens (including phenoxy) is 3. The SMILES string of the molecule is CCCCCCCC/C=C\C/C=C\C/C=C\CCCC(=O)OC(COC(=O)CCCCCCCCCCCCCCCCCCCCC)COC(=O)CCCCCCCCCCCCCCCCCCCCC. The number of esters is 3. The van der Waals surface area contributed by atoms with Crippen LogP contribution in [0.4, 0.5) is 0 Å². The third-order valence-electron chi connectivity index (χ3n) is 14.6. The van der Waals surface area contributed by atoms with Crippen LogP contribution in [0, 0.1) is 0 Å². The van der Waals surface area contributed by atoms with Crippen molar-refractivity contribution in [1.29, 1.82) is 0 Å². The Morgan fingerprint density at radius 3 is 0.808 bits per heavy atom. The number of carbonyl (C=O) groups excluding carboxylic acids is 3. The molecule has 0 aliphatic heterocycles. The summed E-state index contributed by atoms with van der Waals surface area (Å²) in [6.07, 6.45) is 75.9. The van der Waals surface area contributed by atoms with Crippen molar-refractivity contribution in [1.82, 2.24) is 0 Å². The maximum atomic E-state index is 12.9. The van der Waals surface area contributed by atoms with E-state index in [4.69, 9.17) is 14.2 Å². The smallest absolute Gasteiger partial charge is 0.306 e. The molecule has 0 aliphatic carbocycles. The minimum Gasteiger partial charge on any atom is -0.462 e. The molecule has 0 aromatic carbocycles. The molecule has 6 nitrogen and oxygen atoms in total. The third kappa shape index (κ3) is 60.4. The van der Waals surface area contributed by atoms with E-state index in [1.54, 1.807) is 0 Å². The molecular weight excluding hydrogens is 901 g/mol. The zero-order chi connectivity index (χ0) is 52.9. The summed E-state index contributed by atoms with van der Waals surface area (Å²) in [5.41, 5.74) is 0. The second kappa shape index (κ2) is 62.2. The summed E-state index contributed by atoms with van der Waals surface area (Å²) >= 11 is 0. The highest BCUT2D eigenvalue weighted by atomic mass is 16.6. The Bertz CT molecular complexity index is 1160. The van der Waals surface area contributed by atoms with Crippen molar-refractivity contribution < 1.29 is 28.6 Å². The van der Waals surface area contributed by atoms with Gasteiger partial charge in [0.15, 0.2) is 6.10 Å². The molecule has 0 unspecified atom stereocenters. The number of allylic oxidation sites excluding steroid dienone is 6. The van der Waals surface area contributed by atoms with Crippen molar-refractivity contribution >= 4 is 17.9 Å². The van der Waals surface area contributed by atoms with E-state index in [0.29, 0.717) is 19.3 Å². The maximum absolute atomic E-state index is 12.9. The molecule has 0 N–H and O–H groups in total. The van der Waals surface area contributed by atoms with Crippen LogP contribution in [0.2, 0.25) is 0 Å². The lowest BCUT2D eigenvalue weighted by Crippen LogP contribution is -2.30. The molecule has 0 atom stereocenters. The summed E-state index contributed by atoms with van der Waals surface area (Å²) in [5, 5.41) is 0. The average molecular weight is 1030 g/mol. The number of hydrogen-bond donors (Lipinski definition) is 0. The highest BCUT2D eigenvalue weighted by Crippen LogP contribution is 2.18. The van der Waals surface area contributed by atoms with Crippen LogP contribution in [-0.4, -0.2) is 37.2 Å². The van der Waals surface area contributed by atoms with Crippen molar-refractivity contribution in [2.45, 2.75) is 361 Å². The molecule has 0 aliphatic rings. The topological polar surface area (TPSA) is 78.9 Å². The molecule has 0 fully saturated rings. The molecule has 0 amide bonds. The first-order chi connectivity index (χ1) is 36.0. The van der Waals surface area contributed by atoms with E-state index in [2.05, 4.69) is 57.2 Å². The Morgan fingerprint density at radius 1 is 0.274 bits per heavy atom. The second-order valence-corrected chi connectivity index (χ2v) is 22.0. The van der Waals surface area contributed by atoms with Gasteiger partial charge in [-0.2, -0.15) is 0 Å². The first kappa shape index (κ1) is 70.6. The number of unbranched alkanes of at least 4 members (excludes halogenated alkanes) is 43.